The average Bonchev–Trinajstić information content (AvgIpc) is 2.45. The van der Waals surface area contributed by atoms with Gasteiger partial charge in [-0.05, 0) is 13.3 Å². The van der Waals surface area contributed by atoms with Crippen molar-refractivity contribution in [2.24, 2.45) is 5.73 Å². The minimum Gasteiger partial charge on any atom is -0.468 e. The van der Waals surface area contributed by atoms with Gasteiger partial charge in [0.05, 0.1) is 12.8 Å². The second kappa shape index (κ2) is 3.58. The summed E-state index contributed by atoms with van der Waals surface area (Å²) in [5.41, 5.74) is 7.71. The fourth-order valence-electron chi connectivity index (χ4n) is 1.10. The van der Waals surface area contributed by atoms with Gasteiger partial charge in [0.2, 0.25) is 0 Å². The first-order valence-corrected chi connectivity index (χ1v) is 4.05. The second-order valence-corrected chi connectivity index (χ2v) is 2.77. The SMILES string of the molecule is CCC(N)c1nc(OC)[nH]c1C. The van der Waals surface area contributed by atoms with E-state index in [1.54, 1.807) is 7.11 Å². The number of nitrogens with one attached hydrogen (secondary N) is 1. The quantitative estimate of drug-likeness (QED) is 0.713. The largest absolute Gasteiger partial charge is 0.468 e. The van der Waals surface area contributed by atoms with E-state index in [1.165, 1.54) is 0 Å². The van der Waals surface area contributed by atoms with Crippen LogP contribution in [0.3, 0.4) is 0 Å². The number of imidazole rings is 1. The Morgan fingerprint density at radius 3 is 2.75 bits per heavy atom. The molecule has 0 fully saturated rings. The fraction of sp³-hybridized carbons (Fsp3) is 0.625. The smallest absolute Gasteiger partial charge is 0.293 e. The molecule has 3 N–H and O–H groups in total. The minimum absolute atomic E-state index is 0.00477. The summed E-state index contributed by atoms with van der Waals surface area (Å²) in [7, 11) is 1.58. The van der Waals surface area contributed by atoms with E-state index in [0.717, 1.165) is 17.8 Å². The number of aromatic nitrogens is 2. The molecule has 0 aliphatic rings. The number of hydrogen-bond donors (Lipinski definition) is 2. The highest BCUT2D eigenvalue weighted by Gasteiger charge is 2.12. The molecule has 1 unspecified atom stereocenters. The Morgan fingerprint density at radius 1 is 1.67 bits per heavy atom. The van der Waals surface area contributed by atoms with Crippen LogP contribution in [0, 0.1) is 6.92 Å². The van der Waals surface area contributed by atoms with E-state index in [2.05, 4.69) is 9.97 Å². The minimum atomic E-state index is 0.00477. The Morgan fingerprint density at radius 2 is 2.33 bits per heavy atom. The lowest BCUT2D eigenvalue weighted by atomic mass is 10.1. The van der Waals surface area contributed by atoms with E-state index < -0.39 is 0 Å². The zero-order chi connectivity index (χ0) is 9.14. The number of rotatable bonds is 3. The highest BCUT2D eigenvalue weighted by Crippen LogP contribution is 2.18. The molecule has 1 heterocycles. The van der Waals surface area contributed by atoms with Crippen molar-refractivity contribution in [3.8, 4) is 6.01 Å². The number of methoxy groups -OCH3 is 1. The van der Waals surface area contributed by atoms with Gasteiger partial charge in [0, 0.05) is 11.7 Å². The summed E-state index contributed by atoms with van der Waals surface area (Å²) in [4.78, 5) is 7.19. The van der Waals surface area contributed by atoms with Crippen molar-refractivity contribution in [3.63, 3.8) is 0 Å². The van der Waals surface area contributed by atoms with Crippen LogP contribution in [0.4, 0.5) is 0 Å². The van der Waals surface area contributed by atoms with Crippen LogP contribution in [0.2, 0.25) is 0 Å². The number of H-pyrrole nitrogens is 1. The summed E-state index contributed by atoms with van der Waals surface area (Å²) >= 11 is 0. The van der Waals surface area contributed by atoms with E-state index in [0.29, 0.717) is 6.01 Å². The van der Waals surface area contributed by atoms with Gasteiger partial charge in [-0.1, -0.05) is 6.92 Å². The maximum atomic E-state index is 5.83. The molecule has 12 heavy (non-hydrogen) atoms. The molecule has 0 bridgehead atoms. The van der Waals surface area contributed by atoms with E-state index in [4.69, 9.17) is 10.5 Å². The second-order valence-electron chi connectivity index (χ2n) is 2.77. The number of nitrogens with two attached hydrogens (primary N) is 1. The molecule has 4 nitrogen and oxygen atoms in total. The number of aryl methyl sites for hydroxylation is 1. The van der Waals surface area contributed by atoms with Crippen LogP contribution in [-0.4, -0.2) is 17.1 Å². The highest BCUT2D eigenvalue weighted by atomic mass is 16.5. The van der Waals surface area contributed by atoms with Crippen LogP contribution >= 0.6 is 0 Å². The van der Waals surface area contributed by atoms with Crippen molar-refractivity contribution in [3.05, 3.63) is 11.4 Å². The van der Waals surface area contributed by atoms with Gasteiger partial charge in [0.25, 0.3) is 6.01 Å². The zero-order valence-corrected chi connectivity index (χ0v) is 7.72. The van der Waals surface area contributed by atoms with Crippen LogP contribution in [0.25, 0.3) is 0 Å². The lowest BCUT2D eigenvalue weighted by molar-refractivity contribution is 0.383. The van der Waals surface area contributed by atoms with Gasteiger partial charge in [0.15, 0.2) is 0 Å². The molecule has 0 radical (unpaired) electrons. The maximum absolute atomic E-state index is 5.83. The number of hydrogen-bond acceptors (Lipinski definition) is 3. The molecule has 4 heteroatoms. The third-order valence-corrected chi connectivity index (χ3v) is 1.89. The number of nitrogens with zero attached hydrogens (tertiary/aromatic N) is 1. The van der Waals surface area contributed by atoms with Gasteiger partial charge < -0.3 is 15.5 Å². The molecule has 1 atom stereocenters. The van der Waals surface area contributed by atoms with Crippen molar-refractivity contribution in [1.29, 1.82) is 0 Å². The fourth-order valence-corrected chi connectivity index (χ4v) is 1.10. The molecule has 0 saturated carbocycles. The van der Waals surface area contributed by atoms with Gasteiger partial charge in [-0.15, -0.1) is 0 Å². The van der Waals surface area contributed by atoms with Crippen LogP contribution in [0.1, 0.15) is 30.8 Å². The third-order valence-electron chi connectivity index (χ3n) is 1.89. The maximum Gasteiger partial charge on any atom is 0.293 e. The van der Waals surface area contributed by atoms with Gasteiger partial charge in [-0.25, -0.2) is 0 Å². The zero-order valence-electron chi connectivity index (χ0n) is 7.72. The van der Waals surface area contributed by atoms with Gasteiger partial charge >= 0.3 is 0 Å². The molecule has 0 amide bonds. The summed E-state index contributed by atoms with van der Waals surface area (Å²) in [5, 5.41) is 0. The normalized spacial score (nSPS) is 13.0. The Labute approximate surface area is 72.1 Å². The average molecular weight is 169 g/mol. The Hall–Kier alpha value is -1.03. The molecule has 0 aliphatic heterocycles. The summed E-state index contributed by atoms with van der Waals surface area (Å²) in [6.07, 6.45) is 0.884. The highest BCUT2D eigenvalue weighted by molar-refractivity contribution is 5.18. The molecular weight excluding hydrogens is 154 g/mol. The van der Waals surface area contributed by atoms with E-state index in [-0.39, 0.29) is 6.04 Å². The van der Waals surface area contributed by atoms with E-state index in [1.807, 2.05) is 13.8 Å². The molecule has 0 spiro atoms. The first-order valence-electron chi connectivity index (χ1n) is 4.05. The van der Waals surface area contributed by atoms with Gasteiger partial charge in [-0.2, -0.15) is 4.98 Å². The lowest BCUT2D eigenvalue weighted by Crippen LogP contribution is -2.10. The first-order chi connectivity index (χ1) is 5.69. The number of ether oxygens (including phenoxy) is 1. The topological polar surface area (TPSA) is 63.9 Å². The molecular formula is C8H15N3O. The summed E-state index contributed by atoms with van der Waals surface area (Å²) < 4.78 is 4.95. The van der Waals surface area contributed by atoms with Crippen molar-refractivity contribution in [2.45, 2.75) is 26.3 Å². The summed E-state index contributed by atoms with van der Waals surface area (Å²) in [6.45, 7) is 3.98. The first kappa shape index (κ1) is 9.06. The van der Waals surface area contributed by atoms with E-state index >= 15 is 0 Å². The van der Waals surface area contributed by atoms with Crippen LogP contribution in [-0.2, 0) is 0 Å². The van der Waals surface area contributed by atoms with Gasteiger partial charge in [0.1, 0.15) is 0 Å². The molecule has 68 valence electrons. The van der Waals surface area contributed by atoms with Gasteiger partial charge in [-0.3, -0.25) is 0 Å². The molecule has 0 saturated heterocycles. The van der Waals surface area contributed by atoms with Crippen molar-refractivity contribution in [1.82, 2.24) is 9.97 Å². The summed E-state index contributed by atoms with van der Waals surface area (Å²) in [5.74, 6) is 0. The molecule has 0 aromatic carbocycles. The van der Waals surface area contributed by atoms with Crippen LogP contribution in [0.15, 0.2) is 0 Å². The van der Waals surface area contributed by atoms with Crippen LogP contribution in [0.5, 0.6) is 6.01 Å². The van der Waals surface area contributed by atoms with Crippen molar-refractivity contribution in [2.75, 3.05) is 7.11 Å². The predicted octanol–water partition coefficient (Wildman–Crippen LogP) is 1.14. The van der Waals surface area contributed by atoms with Crippen molar-refractivity contribution >= 4 is 0 Å². The van der Waals surface area contributed by atoms with E-state index in [9.17, 15) is 0 Å². The molecule has 0 aliphatic carbocycles. The number of aromatic amines is 1. The Kier molecular flexibility index (Phi) is 2.70. The Bertz CT molecular complexity index is 257. The monoisotopic (exact) mass is 169 g/mol. The third kappa shape index (κ3) is 1.58. The molecule has 1 rings (SSSR count). The van der Waals surface area contributed by atoms with Crippen molar-refractivity contribution < 1.29 is 4.74 Å². The molecule has 1 aromatic rings. The van der Waals surface area contributed by atoms with Crippen LogP contribution < -0.4 is 10.5 Å². The Balaban J connectivity index is 2.91. The lowest BCUT2D eigenvalue weighted by Gasteiger charge is -2.04. The standard InChI is InChI=1S/C8H15N3O/c1-4-6(9)7-5(2)10-8(11-7)12-3/h6H,4,9H2,1-3H3,(H,10,11). The summed E-state index contributed by atoms with van der Waals surface area (Å²) in [6, 6.07) is 0.538. The molecule has 1 aromatic heterocycles. The predicted molar refractivity (Wildman–Crippen MR) is 47.1 cm³/mol.